The molecule has 2 aromatic rings. The summed E-state index contributed by atoms with van der Waals surface area (Å²) in [6.45, 7) is 6.46. The molecule has 3 atom stereocenters. The van der Waals surface area contributed by atoms with Crippen molar-refractivity contribution in [1.82, 2.24) is 19.7 Å². The molecule has 1 aromatic heterocycles. The molecule has 2 amide bonds. The minimum atomic E-state index is -0.574. The highest BCUT2D eigenvalue weighted by Crippen LogP contribution is 2.35. The molecular weight excluding hydrogens is 439 g/mol. The lowest BCUT2D eigenvalue weighted by Gasteiger charge is -2.38. The summed E-state index contributed by atoms with van der Waals surface area (Å²) in [6, 6.07) is 9.85. The highest BCUT2D eigenvalue weighted by molar-refractivity contribution is 7.10. The van der Waals surface area contributed by atoms with E-state index < -0.39 is 11.3 Å². The zero-order valence-electron chi connectivity index (χ0n) is 19.1. The predicted molar refractivity (Wildman–Crippen MR) is 129 cm³/mol. The molecule has 5 rings (SSSR count). The summed E-state index contributed by atoms with van der Waals surface area (Å²) in [4.78, 5) is 43.4. The Balaban J connectivity index is 0.00000126. The highest BCUT2D eigenvalue weighted by atomic mass is 31.0. The number of rotatable bonds is 4. The van der Waals surface area contributed by atoms with E-state index in [4.69, 9.17) is 4.52 Å². The Morgan fingerprint density at radius 2 is 1.91 bits per heavy atom. The number of fused-ring (bicyclic) bond motifs is 4. The van der Waals surface area contributed by atoms with Crippen LogP contribution in [0.25, 0.3) is 0 Å². The van der Waals surface area contributed by atoms with Crippen molar-refractivity contribution < 1.29 is 14.1 Å². The SMILES string of the molecule is CC.O=C(NCc1ccccc1)c1cn2c(c(OP)c1=O)C(=O)N1C[C@H]3CCCCN3[C@H]1C2. The number of piperidine rings is 1. The van der Waals surface area contributed by atoms with Gasteiger partial charge in [0, 0.05) is 31.9 Å². The number of hydrogen-bond donors (Lipinski definition) is 1. The Hall–Kier alpha value is -2.70. The van der Waals surface area contributed by atoms with Crippen molar-refractivity contribution in [3.05, 3.63) is 63.6 Å². The third kappa shape index (κ3) is 4.30. The Morgan fingerprint density at radius 1 is 1.15 bits per heavy atom. The van der Waals surface area contributed by atoms with Gasteiger partial charge in [-0.05, 0) is 18.4 Å². The maximum absolute atomic E-state index is 13.3. The Morgan fingerprint density at radius 3 is 2.64 bits per heavy atom. The van der Waals surface area contributed by atoms with Crippen molar-refractivity contribution in [2.75, 3.05) is 13.1 Å². The normalized spacial score (nSPS) is 21.3. The average molecular weight is 471 g/mol. The lowest BCUT2D eigenvalue weighted by atomic mass is 10.0. The number of nitrogens with zero attached hydrogens (tertiary/aromatic N) is 3. The number of carbonyl (C=O) groups is 2. The number of carbonyl (C=O) groups excluding carboxylic acids is 2. The molecule has 33 heavy (non-hydrogen) atoms. The van der Waals surface area contributed by atoms with E-state index in [1.165, 1.54) is 12.6 Å². The van der Waals surface area contributed by atoms with E-state index in [0.717, 1.165) is 24.9 Å². The highest BCUT2D eigenvalue weighted by Gasteiger charge is 2.47. The van der Waals surface area contributed by atoms with Gasteiger partial charge in [0.05, 0.1) is 16.0 Å². The second kappa shape index (κ2) is 10.1. The van der Waals surface area contributed by atoms with Gasteiger partial charge in [-0.25, -0.2) is 0 Å². The van der Waals surface area contributed by atoms with Gasteiger partial charge in [0.2, 0.25) is 5.43 Å². The number of aromatic nitrogens is 1. The van der Waals surface area contributed by atoms with Crippen LogP contribution < -0.4 is 15.3 Å². The summed E-state index contributed by atoms with van der Waals surface area (Å²) in [5, 5.41) is 2.80. The Labute approximate surface area is 196 Å². The van der Waals surface area contributed by atoms with Crippen molar-refractivity contribution in [2.45, 2.75) is 58.4 Å². The zero-order valence-corrected chi connectivity index (χ0v) is 20.3. The molecule has 3 aliphatic rings. The summed E-state index contributed by atoms with van der Waals surface area (Å²) in [5.41, 5.74) is 0.558. The van der Waals surface area contributed by atoms with E-state index in [9.17, 15) is 14.4 Å². The number of hydrogen-bond acceptors (Lipinski definition) is 5. The van der Waals surface area contributed by atoms with E-state index >= 15 is 0 Å². The molecule has 9 heteroatoms. The van der Waals surface area contributed by atoms with Crippen molar-refractivity contribution in [3.8, 4) is 5.75 Å². The summed E-state index contributed by atoms with van der Waals surface area (Å²) in [6.07, 6.45) is 4.84. The number of benzene rings is 1. The molecule has 4 heterocycles. The van der Waals surface area contributed by atoms with Crippen LogP contribution >= 0.6 is 9.47 Å². The number of pyridine rings is 1. The van der Waals surface area contributed by atoms with Crippen LogP contribution in [0.4, 0.5) is 0 Å². The van der Waals surface area contributed by atoms with Crippen molar-refractivity contribution in [2.24, 2.45) is 0 Å². The average Bonchev–Trinajstić information content (AvgIpc) is 3.23. The van der Waals surface area contributed by atoms with Gasteiger partial charge in [-0.15, -0.1) is 0 Å². The molecule has 1 N–H and O–H groups in total. The molecule has 0 spiro atoms. The topological polar surface area (TPSA) is 83.9 Å². The second-order valence-electron chi connectivity index (χ2n) is 8.31. The molecule has 0 aliphatic carbocycles. The lowest BCUT2D eigenvalue weighted by Crippen LogP contribution is -2.51. The fraction of sp³-hybridized carbons (Fsp3) is 0.458. The minimum absolute atomic E-state index is 0.0217. The van der Waals surface area contributed by atoms with Crippen LogP contribution in [0.5, 0.6) is 5.75 Å². The summed E-state index contributed by atoms with van der Waals surface area (Å²) < 4.78 is 7.00. The lowest BCUT2D eigenvalue weighted by molar-refractivity contribution is 0.0454. The molecule has 0 radical (unpaired) electrons. The van der Waals surface area contributed by atoms with Crippen LogP contribution in [0.3, 0.4) is 0 Å². The maximum Gasteiger partial charge on any atom is 0.275 e. The first-order valence-corrected chi connectivity index (χ1v) is 12.1. The van der Waals surface area contributed by atoms with Crippen LogP contribution in [-0.2, 0) is 13.1 Å². The Bertz CT molecular complexity index is 1090. The van der Waals surface area contributed by atoms with Gasteiger partial charge in [0.1, 0.15) is 11.7 Å². The van der Waals surface area contributed by atoms with E-state index in [2.05, 4.69) is 10.2 Å². The Kier molecular flexibility index (Phi) is 7.15. The fourth-order valence-corrected chi connectivity index (χ4v) is 5.24. The molecular formula is C24H31N4O4P. The molecule has 2 saturated heterocycles. The quantitative estimate of drug-likeness (QED) is 0.695. The maximum atomic E-state index is 13.3. The molecule has 8 nitrogen and oxygen atoms in total. The van der Waals surface area contributed by atoms with Crippen LogP contribution in [-0.4, -0.2) is 51.5 Å². The van der Waals surface area contributed by atoms with Gasteiger partial charge in [0.25, 0.3) is 11.8 Å². The standard InChI is InChI=1S/C22H25N4O4P.C2H6/c27-19-16(21(28)23-10-14-6-2-1-3-7-14)12-24-13-17-25-9-5-4-8-15(25)11-26(17)22(29)18(24)20(19)30-31;1-2/h1-3,6-7,12,15,17H,4-5,8-11,13,31H2,(H,23,28);1-2H3/t15-,17-;/m1./s1. The van der Waals surface area contributed by atoms with Gasteiger partial charge in [0.15, 0.2) is 11.4 Å². The number of nitrogens with one attached hydrogen (secondary N) is 1. The molecule has 0 saturated carbocycles. The molecule has 0 bridgehead atoms. The first-order valence-electron chi connectivity index (χ1n) is 11.6. The first-order chi connectivity index (χ1) is 16.1. The summed E-state index contributed by atoms with van der Waals surface area (Å²) >= 11 is 0. The van der Waals surface area contributed by atoms with E-state index in [1.807, 2.05) is 58.5 Å². The first kappa shape index (κ1) is 23.5. The van der Waals surface area contributed by atoms with Gasteiger partial charge in [-0.3, -0.25) is 19.3 Å². The molecule has 1 aromatic carbocycles. The van der Waals surface area contributed by atoms with Crippen LogP contribution in [0.2, 0.25) is 0 Å². The van der Waals surface area contributed by atoms with Gasteiger partial charge in [-0.2, -0.15) is 0 Å². The largest absolute Gasteiger partial charge is 0.474 e. The summed E-state index contributed by atoms with van der Waals surface area (Å²) in [5.74, 6) is -0.785. The van der Waals surface area contributed by atoms with Gasteiger partial charge >= 0.3 is 0 Å². The van der Waals surface area contributed by atoms with E-state index in [1.54, 1.807) is 4.57 Å². The summed E-state index contributed by atoms with van der Waals surface area (Å²) in [7, 11) is 2.04. The van der Waals surface area contributed by atoms with Crippen molar-refractivity contribution >= 4 is 21.3 Å². The second-order valence-corrected chi connectivity index (χ2v) is 8.55. The molecule has 176 valence electrons. The smallest absolute Gasteiger partial charge is 0.275 e. The van der Waals surface area contributed by atoms with Crippen LogP contribution in [0.15, 0.2) is 41.3 Å². The van der Waals surface area contributed by atoms with Crippen molar-refractivity contribution in [1.29, 1.82) is 0 Å². The van der Waals surface area contributed by atoms with E-state index in [-0.39, 0.29) is 29.1 Å². The molecule has 1 unspecified atom stereocenters. The molecule has 2 fully saturated rings. The zero-order chi connectivity index (χ0) is 23.5. The monoisotopic (exact) mass is 470 g/mol. The number of amides is 2. The minimum Gasteiger partial charge on any atom is -0.474 e. The molecule has 3 aliphatic heterocycles. The third-order valence-electron chi connectivity index (χ3n) is 6.54. The van der Waals surface area contributed by atoms with Crippen molar-refractivity contribution in [3.63, 3.8) is 0 Å². The van der Waals surface area contributed by atoms with Crippen LogP contribution in [0, 0.1) is 0 Å². The van der Waals surface area contributed by atoms with E-state index in [0.29, 0.717) is 25.7 Å². The van der Waals surface area contributed by atoms with Gasteiger partial charge < -0.3 is 19.3 Å². The van der Waals surface area contributed by atoms with Gasteiger partial charge in [-0.1, -0.05) is 50.6 Å². The van der Waals surface area contributed by atoms with Crippen LogP contribution in [0.1, 0.15) is 59.5 Å². The third-order valence-corrected chi connectivity index (χ3v) is 6.78. The fourth-order valence-electron chi connectivity index (χ4n) is 5.02. The predicted octanol–water partition coefficient (Wildman–Crippen LogP) is 2.62.